The van der Waals surface area contributed by atoms with Gasteiger partial charge in [0.05, 0.1) is 0 Å². The zero-order valence-corrected chi connectivity index (χ0v) is 17.3. The van der Waals surface area contributed by atoms with Gasteiger partial charge in [-0.3, -0.25) is 0 Å². The molecule has 0 aliphatic carbocycles. The van der Waals surface area contributed by atoms with Crippen molar-refractivity contribution in [1.82, 2.24) is 0 Å². The Balaban J connectivity index is 0.000000190. The van der Waals surface area contributed by atoms with Crippen molar-refractivity contribution < 1.29 is 8.83 Å². The second-order valence-corrected chi connectivity index (χ2v) is 7.78. The van der Waals surface area contributed by atoms with E-state index in [-0.39, 0.29) is 5.41 Å². The molecule has 0 amide bonds. The average molecular weight is 353 g/mol. The molecule has 26 heavy (non-hydrogen) atoms. The highest BCUT2D eigenvalue weighted by Gasteiger charge is 2.19. The molecule has 0 unspecified atom stereocenters. The van der Waals surface area contributed by atoms with Gasteiger partial charge < -0.3 is 8.83 Å². The third kappa shape index (κ3) is 5.14. The molecule has 2 heterocycles. The van der Waals surface area contributed by atoms with Crippen LogP contribution in [0.15, 0.2) is 51.3 Å². The van der Waals surface area contributed by atoms with Crippen molar-refractivity contribution in [3.05, 3.63) is 70.9 Å². The fourth-order valence-electron chi connectivity index (χ4n) is 2.73. The van der Waals surface area contributed by atoms with Crippen molar-refractivity contribution in [3.8, 4) is 11.3 Å². The van der Waals surface area contributed by atoms with Gasteiger partial charge >= 0.3 is 0 Å². The number of aryl methyl sites for hydroxylation is 4. The predicted molar refractivity (Wildman–Crippen MR) is 110 cm³/mol. The summed E-state index contributed by atoms with van der Waals surface area (Å²) in [5.41, 5.74) is 3.92. The SMILES string of the molecule is CCc1ccc(-c2ccc(C)o2)cc1.CCc1oc(C(C)(C)C)cc1C. The minimum absolute atomic E-state index is 0.137. The number of rotatable bonds is 3. The third-order valence-electron chi connectivity index (χ3n) is 4.47. The van der Waals surface area contributed by atoms with Crippen LogP contribution in [0.5, 0.6) is 0 Å². The summed E-state index contributed by atoms with van der Waals surface area (Å²) in [4.78, 5) is 0. The second kappa shape index (κ2) is 8.44. The van der Waals surface area contributed by atoms with Crippen LogP contribution in [0.1, 0.15) is 63.0 Å². The number of hydrogen-bond donors (Lipinski definition) is 0. The normalized spacial score (nSPS) is 11.2. The van der Waals surface area contributed by atoms with Gasteiger partial charge in [-0.15, -0.1) is 0 Å². The molecule has 0 atom stereocenters. The van der Waals surface area contributed by atoms with Gasteiger partial charge in [0.25, 0.3) is 0 Å². The van der Waals surface area contributed by atoms with Crippen LogP contribution >= 0.6 is 0 Å². The largest absolute Gasteiger partial charge is 0.465 e. The maximum absolute atomic E-state index is 5.73. The molecule has 0 radical (unpaired) electrons. The van der Waals surface area contributed by atoms with Crippen molar-refractivity contribution in [1.29, 1.82) is 0 Å². The molecule has 140 valence electrons. The van der Waals surface area contributed by atoms with Gasteiger partial charge in [-0.05, 0) is 49.6 Å². The first-order valence-corrected chi connectivity index (χ1v) is 9.50. The summed E-state index contributed by atoms with van der Waals surface area (Å²) >= 11 is 0. The maximum Gasteiger partial charge on any atom is 0.134 e. The van der Waals surface area contributed by atoms with Crippen LogP contribution in [0.3, 0.4) is 0 Å². The van der Waals surface area contributed by atoms with Crippen LogP contribution in [-0.2, 0) is 18.3 Å². The standard InChI is InChI=1S/C13H14O.C11H18O/c1-3-11-5-7-12(8-6-11)13-9-4-10(2)14-13;1-6-9-8(2)7-10(12-9)11(3,4)5/h4-9H,3H2,1-2H3;7H,6H2,1-5H3. The van der Waals surface area contributed by atoms with Gasteiger partial charge in [0, 0.05) is 17.4 Å². The molecule has 2 heteroatoms. The Morgan fingerprint density at radius 3 is 1.85 bits per heavy atom. The smallest absolute Gasteiger partial charge is 0.134 e. The zero-order valence-electron chi connectivity index (χ0n) is 17.3. The Kier molecular flexibility index (Phi) is 6.52. The summed E-state index contributed by atoms with van der Waals surface area (Å²) in [6.07, 6.45) is 2.07. The van der Waals surface area contributed by atoms with E-state index in [1.54, 1.807) is 0 Å². The first-order chi connectivity index (χ1) is 12.2. The maximum atomic E-state index is 5.73. The van der Waals surface area contributed by atoms with E-state index in [0.29, 0.717) is 0 Å². The highest BCUT2D eigenvalue weighted by atomic mass is 16.3. The fourth-order valence-corrected chi connectivity index (χ4v) is 2.73. The Hall–Kier alpha value is -2.22. The molecule has 2 aromatic heterocycles. The summed E-state index contributed by atoms with van der Waals surface area (Å²) in [6, 6.07) is 14.7. The highest BCUT2D eigenvalue weighted by molar-refractivity contribution is 5.57. The number of hydrogen-bond acceptors (Lipinski definition) is 2. The second-order valence-electron chi connectivity index (χ2n) is 7.78. The van der Waals surface area contributed by atoms with E-state index in [1.165, 1.54) is 11.1 Å². The summed E-state index contributed by atoms with van der Waals surface area (Å²) in [5.74, 6) is 4.13. The lowest BCUT2D eigenvalue weighted by atomic mass is 9.93. The average Bonchev–Trinajstić information content (AvgIpc) is 3.21. The molecule has 0 saturated heterocycles. The number of benzene rings is 1. The fraction of sp³-hybridized carbons (Fsp3) is 0.417. The van der Waals surface area contributed by atoms with Gasteiger partial charge in [0.1, 0.15) is 23.0 Å². The quantitative estimate of drug-likeness (QED) is 0.495. The van der Waals surface area contributed by atoms with Crippen molar-refractivity contribution in [2.75, 3.05) is 0 Å². The van der Waals surface area contributed by atoms with Crippen molar-refractivity contribution in [2.24, 2.45) is 0 Å². The summed E-state index contributed by atoms with van der Waals surface area (Å²) in [6.45, 7) is 14.9. The van der Waals surface area contributed by atoms with Gasteiger partial charge in [-0.2, -0.15) is 0 Å². The minimum atomic E-state index is 0.137. The zero-order chi connectivity index (χ0) is 19.3. The highest BCUT2D eigenvalue weighted by Crippen LogP contribution is 2.27. The van der Waals surface area contributed by atoms with Crippen LogP contribution in [0.2, 0.25) is 0 Å². The van der Waals surface area contributed by atoms with E-state index in [0.717, 1.165) is 41.4 Å². The van der Waals surface area contributed by atoms with E-state index < -0.39 is 0 Å². The Bertz CT molecular complexity index is 811. The lowest BCUT2D eigenvalue weighted by molar-refractivity contribution is 0.388. The molecule has 0 spiro atoms. The summed E-state index contributed by atoms with van der Waals surface area (Å²) < 4.78 is 11.3. The van der Waals surface area contributed by atoms with E-state index in [9.17, 15) is 0 Å². The third-order valence-corrected chi connectivity index (χ3v) is 4.47. The van der Waals surface area contributed by atoms with Gasteiger partial charge in [-0.1, -0.05) is 58.9 Å². The van der Waals surface area contributed by atoms with Crippen molar-refractivity contribution in [3.63, 3.8) is 0 Å². The van der Waals surface area contributed by atoms with E-state index in [4.69, 9.17) is 8.83 Å². The molecule has 0 saturated carbocycles. The Morgan fingerprint density at radius 1 is 0.808 bits per heavy atom. The van der Waals surface area contributed by atoms with E-state index >= 15 is 0 Å². The molecule has 0 bridgehead atoms. The monoisotopic (exact) mass is 352 g/mol. The topological polar surface area (TPSA) is 26.3 Å². The van der Waals surface area contributed by atoms with Crippen LogP contribution in [-0.4, -0.2) is 0 Å². The van der Waals surface area contributed by atoms with E-state index in [1.807, 2.05) is 19.1 Å². The molecule has 0 aliphatic heterocycles. The van der Waals surface area contributed by atoms with E-state index in [2.05, 4.69) is 71.9 Å². The molecule has 0 aliphatic rings. The molecular weight excluding hydrogens is 320 g/mol. The van der Waals surface area contributed by atoms with Crippen molar-refractivity contribution >= 4 is 0 Å². The lowest BCUT2D eigenvalue weighted by Gasteiger charge is -2.13. The lowest BCUT2D eigenvalue weighted by Crippen LogP contribution is -2.09. The molecule has 3 rings (SSSR count). The number of furan rings is 2. The molecule has 2 nitrogen and oxygen atoms in total. The van der Waals surface area contributed by atoms with Crippen LogP contribution < -0.4 is 0 Å². The van der Waals surface area contributed by atoms with Crippen molar-refractivity contribution in [2.45, 2.75) is 66.7 Å². The molecule has 3 aromatic rings. The Morgan fingerprint density at radius 2 is 1.46 bits per heavy atom. The summed E-state index contributed by atoms with van der Waals surface area (Å²) in [7, 11) is 0. The van der Waals surface area contributed by atoms with Crippen LogP contribution in [0, 0.1) is 13.8 Å². The molecule has 0 fully saturated rings. The van der Waals surface area contributed by atoms with Gasteiger partial charge in [-0.25, -0.2) is 0 Å². The first kappa shape index (κ1) is 20.1. The Labute approximate surface area is 158 Å². The van der Waals surface area contributed by atoms with Gasteiger partial charge in [0.15, 0.2) is 0 Å². The molecule has 0 N–H and O–H groups in total. The van der Waals surface area contributed by atoms with Gasteiger partial charge in [0.2, 0.25) is 0 Å². The predicted octanol–water partition coefficient (Wildman–Crippen LogP) is 7.27. The molecular formula is C24H32O2. The first-order valence-electron chi connectivity index (χ1n) is 9.50. The molecule has 1 aromatic carbocycles. The van der Waals surface area contributed by atoms with Crippen LogP contribution in [0.25, 0.3) is 11.3 Å². The summed E-state index contributed by atoms with van der Waals surface area (Å²) in [5, 5.41) is 0. The van der Waals surface area contributed by atoms with Crippen LogP contribution in [0.4, 0.5) is 0 Å². The minimum Gasteiger partial charge on any atom is -0.465 e.